The lowest BCUT2D eigenvalue weighted by molar-refractivity contribution is 0.225. The maximum Gasteiger partial charge on any atom is -0.0289 e. The smallest absolute Gasteiger partial charge is 0.0289 e. The Morgan fingerprint density at radius 3 is 2.20 bits per heavy atom. The lowest BCUT2D eigenvalue weighted by atomic mass is 9.73. The summed E-state index contributed by atoms with van der Waals surface area (Å²) in [5, 5.41) is 0. The summed E-state index contributed by atoms with van der Waals surface area (Å²) in [5.74, 6) is 4.87. The van der Waals surface area contributed by atoms with Gasteiger partial charge in [0.25, 0.3) is 0 Å². The molecule has 4 unspecified atom stereocenters. The molecular weight excluding hydrogens is 180 g/mol. The fourth-order valence-corrected chi connectivity index (χ4v) is 3.71. The van der Waals surface area contributed by atoms with Crippen LogP contribution in [0.3, 0.4) is 0 Å². The molecule has 0 nitrogen and oxygen atoms in total. The summed E-state index contributed by atoms with van der Waals surface area (Å²) in [6, 6.07) is 0. The van der Waals surface area contributed by atoms with Gasteiger partial charge in [-0.15, -0.1) is 0 Å². The van der Waals surface area contributed by atoms with Crippen molar-refractivity contribution in [3.63, 3.8) is 0 Å². The van der Waals surface area contributed by atoms with Crippen molar-refractivity contribution in [1.29, 1.82) is 0 Å². The van der Waals surface area contributed by atoms with Crippen LogP contribution in [-0.2, 0) is 0 Å². The molecule has 86 valence electrons. The Morgan fingerprint density at radius 1 is 1.00 bits per heavy atom. The van der Waals surface area contributed by atoms with Crippen molar-refractivity contribution in [2.24, 2.45) is 29.6 Å². The zero-order valence-electron chi connectivity index (χ0n) is 10.8. The van der Waals surface area contributed by atoms with Gasteiger partial charge < -0.3 is 0 Å². The third-order valence-corrected chi connectivity index (χ3v) is 5.05. The van der Waals surface area contributed by atoms with Gasteiger partial charge in [0.05, 0.1) is 0 Å². The first-order valence-electron chi connectivity index (χ1n) is 6.73. The van der Waals surface area contributed by atoms with Crippen LogP contribution in [0.1, 0.15) is 53.4 Å². The standard InChI is InChI=1S/C15H26/c1-10-5-6-11(2)15(7-10)14-8-12(3)13(4)9-14/h5,11-15H,6-9H2,1-4H3. The second-order valence-electron chi connectivity index (χ2n) is 6.32. The minimum absolute atomic E-state index is 0.927. The molecule has 4 atom stereocenters. The second-order valence-corrected chi connectivity index (χ2v) is 6.32. The minimum atomic E-state index is 0.927. The summed E-state index contributed by atoms with van der Waals surface area (Å²) in [4.78, 5) is 0. The normalized spacial score (nSPS) is 46.7. The third kappa shape index (κ3) is 2.29. The van der Waals surface area contributed by atoms with E-state index in [4.69, 9.17) is 0 Å². The van der Waals surface area contributed by atoms with Gasteiger partial charge in [0.2, 0.25) is 0 Å². The molecule has 0 aliphatic heterocycles. The molecule has 0 heteroatoms. The highest BCUT2D eigenvalue weighted by molar-refractivity contribution is 5.06. The molecule has 0 heterocycles. The van der Waals surface area contributed by atoms with E-state index in [1.807, 2.05) is 0 Å². The van der Waals surface area contributed by atoms with Crippen molar-refractivity contribution in [3.05, 3.63) is 11.6 Å². The molecule has 15 heavy (non-hydrogen) atoms. The maximum atomic E-state index is 2.46. The highest BCUT2D eigenvalue weighted by Gasteiger charge is 2.36. The molecule has 0 amide bonds. The third-order valence-electron chi connectivity index (χ3n) is 5.05. The molecule has 0 radical (unpaired) electrons. The van der Waals surface area contributed by atoms with Crippen LogP contribution in [0.25, 0.3) is 0 Å². The average Bonchev–Trinajstić information content (AvgIpc) is 2.51. The van der Waals surface area contributed by atoms with Crippen LogP contribution in [0.5, 0.6) is 0 Å². The average molecular weight is 206 g/mol. The molecule has 1 fully saturated rings. The van der Waals surface area contributed by atoms with E-state index in [-0.39, 0.29) is 0 Å². The molecule has 0 N–H and O–H groups in total. The van der Waals surface area contributed by atoms with Gasteiger partial charge in [-0.05, 0) is 62.2 Å². The van der Waals surface area contributed by atoms with E-state index >= 15 is 0 Å². The molecule has 2 aliphatic carbocycles. The van der Waals surface area contributed by atoms with Crippen molar-refractivity contribution in [2.45, 2.75) is 53.4 Å². The largest absolute Gasteiger partial charge is 0.0853 e. The first-order valence-corrected chi connectivity index (χ1v) is 6.73. The van der Waals surface area contributed by atoms with E-state index in [9.17, 15) is 0 Å². The van der Waals surface area contributed by atoms with Crippen LogP contribution < -0.4 is 0 Å². The summed E-state index contributed by atoms with van der Waals surface area (Å²) in [7, 11) is 0. The Hall–Kier alpha value is -0.260. The monoisotopic (exact) mass is 206 g/mol. The minimum Gasteiger partial charge on any atom is -0.0853 e. The zero-order valence-corrected chi connectivity index (χ0v) is 10.8. The van der Waals surface area contributed by atoms with Crippen LogP contribution >= 0.6 is 0 Å². The lowest BCUT2D eigenvalue weighted by Crippen LogP contribution is -2.23. The molecule has 0 spiro atoms. The Morgan fingerprint density at radius 2 is 1.60 bits per heavy atom. The topological polar surface area (TPSA) is 0 Å². The summed E-state index contributed by atoms with van der Waals surface area (Å²) < 4.78 is 0. The van der Waals surface area contributed by atoms with E-state index < -0.39 is 0 Å². The van der Waals surface area contributed by atoms with Gasteiger partial charge in [0.1, 0.15) is 0 Å². The Balaban J connectivity index is 2.02. The Kier molecular flexibility index (Phi) is 3.23. The number of allylic oxidation sites excluding steroid dienone is 2. The zero-order chi connectivity index (χ0) is 11.0. The SMILES string of the molecule is CC1=CCC(C)C(C2CC(C)C(C)C2)C1. The van der Waals surface area contributed by atoms with Crippen LogP contribution in [0.2, 0.25) is 0 Å². The van der Waals surface area contributed by atoms with Gasteiger partial charge >= 0.3 is 0 Å². The van der Waals surface area contributed by atoms with Crippen LogP contribution in [0, 0.1) is 29.6 Å². The van der Waals surface area contributed by atoms with E-state index in [0.717, 1.165) is 29.6 Å². The quantitative estimate of drug-likeness (QED) is 0.547. The Labute approximate surface area is 95.1 Å². The summed E-state index contributed by atoms with van der Waals surface area (Å²) in [5.41, 5.74) is 1.64. The summed E-state index contributed by atoms with van der Waals surface area (Å²) in [6.07, 6.45) is 8.15. The van der Waals surface area contributed by atoms with Crippen molar-refractivity contribution in [1.82, 2.24) is 0 Å². The van der Waals surface area contributed by atoms with Crippen LogP contribution in [0.4, 0.5) is 0 Å². The highest BCUT2D eigenvalue weighted by Crippen LogP contribution is 2.46. The molecule has 2 rings (SSSR count). The van der Waals surface area contributed by atoms with Crippen molar-refractivity contribution >= 4 is 0 Å². The fraction of sp³-hybridized carbons (Fsp3) is 0.867. The predicted octanol–water partition coefficient (Wildman–Crippen LogP) is 4.66. The van der Waals surface area contributed by atoms with Crippen LogP contribution in [-0.4, -0.2) is 0 Å². The summed E-state index contributed by atoms with van der Waals surface area (Å²) in [6.45, 7) is 9.67. The highest BCUT2D eigenvalue weighted by atomic mass is 14.4. The number of hydrogen-bond acceptors (Lipinski definition) is 0. The molecule has 1 saturated carbocycles. The van der Waals surface area contributed by atoms with Gasteiger partial charge in [-0.1, -0.05) is 32.4 Å². The first-order chi connectivity index (χ1) is 7.08. The van der Waals surface area contributed by atoms with E-state index in [2.05, 4.69) is 33.8 Å². The molecule has 0 saturated heterocycles. The molecule has 2 aliphatic rings. The molecular formula is C15H26. The molecule has 0 aromatic heterocycles. The lowest BCUT2D eigenvalue weighted by Gasteiger charge is -2.33. The molecule has 0 aromatic carbocycles. The van der Waals surface area contributed by atoms with E-state index in [1.165, 1.54) is 25.7 Å². The van der Waals surface area contributed by atoms with Crippen molar-refractivity contribution in [3.8, 4) is 0 Å². The van der Waals surface area contributed by atoms with Gasteiger partial charge in [0, 0.05) is 0 Å². The fourth-order valence-electron chi connectivity index (χ4n) is 3.71. The van der Waals surface area contributed by atoms with Gasteiger partial charge in [0.15, 0.2) is 0 Å². The van der Waals surface area contributed by atoms with Crippen molar-refractivity contribution < 1.29 is 0 Å². The number of rotatable bonds is 1. The van der Waals surface area contributed by atoms with Gasteiger partial charge in [-0.2, -0.15) is 0 Å². The summed E-state index contributed by atoms with van der Waals surface area (Å²) >= 11 is 0. The van der Waals surface area contributed by atoms with E-state index in [0.29, 0.717) is 0 Å². The first kappa shape index (κ1) is 11.2. The second kappa shape index (κ2) is 4.31. The maximum absolute atomic E-state index is 2.46. The predicted molar refractivity (Wildman–Crippen MR) is 66.7 cm³/mol. The van der Waals surface area contributed by atoms with Crippen molar-refractivity contribution in [2.75, 3.05) is 0 Å². The van der Waals surface area contributed by atoms with Gasteiger partial charge in [-0.25, -0.2) is 0 Å². The van der Waals surface area contributed by atoms with E-state index in [1.54, 1.807) is 5.57 Å². The van der Waals surface area contributed by atoms with Crippen LogP contribution in [0.15, 0.2) is 11.6 Å². The molecule has 0 bridgehead atoms. The Bertz CT molecular complexity index is 241. The molecule has 0 aromatic rings. The van der Waals surface area contributed by atoms with Gasteiger partial charge in [-0.3, -0.25) is 0 Å². The number of hydrogen-bond donors (Lipinski definition) is 0.